The van der Waals surface area contributed by atoms with E-state index in [0.717, 1.165) is 40.8 Å². The number of benzene rings is 1. The number of nitrogens with one attached hydrogen (secondary N) is 2. The van der Waals surface area contributed by atoms with Crippen LogP contribution in [0.25, 0.3) is 0 Å². The number of aromatic nitrogens is 1. The molecule has 4 nitrogen and oxygen atoms in total. The zero-order chi connectivity index (χ0) is 13.2. The molecule has 1 aromatic heterocycles. The largest absolute Gasteiger partial charge is 0.351 e. The van der Waals surface area contributed by atoms with Crippen LogP contribution >= 0.6 is 11.3 Å². The minimum Gasteiger partial charge on any atom is -0.351 e. The summed E-state index contributed by atoms with van der Waals surface area (Å²) < 4.78 is 0. The first-order valence-corrected chi connectivity index (χ1v) is 7.15. The average molecular weight is 273 g/mol. The van der Waals surface area contributed by atoms with Gasteiger partial charge in [-0.1, -0.05) is 23.5 Å². The lowest BCUT2D eigenvalue weighted by molar-refractivity contribution is 0.0960. The molecule has 1 aromatic carbocycles. The minimum absolute atomic E-state index is 0.00212. The van der Waals surface area contributed by atoms with E-state index in [1.54, 1.807) is 0 Å². The van der Waals surface area contributed by atoms with Crippen molar-refractivity contribution in [2.75, 3.05) is 11.9 Å². The third-order valence-corrected chi connectivity index (χ3v) is 4.06. The molecule has 5 heteroatoms. The highest BCUT2D eigenvalue weighted by Gasteiger charge is 2.20. The highest BCUT2D eigenvalue weighted by Crippen LogP contribution is 2.28. The second-order valence-corrected chi connectivity index (χ2v) is 5.65. The van der Waals surface area contributed by atoms with Crippen LogP contribution in [0.5, 0.6) is 0 Å². The number of anilines is 2. The molecule has 1 amide bonds. The topological polar surface area (TPSA) is 54.0 Å². The van der Waals surface area contributed by atoms with Crippen molar-refractivity contribution >= 4 is 28.1 Å². The number of nitrogens with zero attached hydrogens (tertiary/aromatic N) is 1. The molecule has 3 rings (SSSR count). The zero-order valence-electron chi connectivity index (χ0n) is 10.7. The summed E-state index contributed by atoms with van der Waals surface area (Å²) in [7, 11) is 0. The Kier molecular flexibility index (Phi) is 3.21. The van der Waals surface area contributed by atoms with Crippen LogP contribution in [0.4, 0.5) is 10.8 Å². The molecule has 0 saturated heterocycles. The molecule has 19 heavy (non-hydrogen) atoms. The van der Waals surface area contributed by atoms with Crippen molar-refractivity contribution in [1.82, 2.24) is 10.3 Å². The quantitative estimate of drug-likeness (QED) is 0.884. The lowest BCUT2D eigenvalue weighted by atomic mass is 10.2. The van der Waals surface area contributed by atoms with Gasteiger partial charge >= 0.3 is 0 Å². The van der Waals surface area contributed by atoms with E-state index in [2.05, 4.69) is 34.7 Å². The van der Waals surface area contributed by atoms with Gasteiger partial charge in [0.2, 0.25) is 0 Å². The monoisotopic (exact) mass is 273 g/mol. The lowest BCUT2D eigenvalue weighted by Gasteiger charge is -2.03. The number of carbonyl (C=O) groups is 1. The standard InChI is InChI=1S/C14H15N3OS/c1-9-4-2-5-10(8-9)16-14-17-11-6-3-7-15-13(18)12(11)19-14/h2,4-5,8H,3,6-7H2,1H3,(H,15,18)(H,16,17). The summed E-state index contributed by atoms with van der Waals surface area (Å²) in [5.41, 5.74) is 3.11. The van der Waals surface area contributed by atoms with Gasteiger partial charge in [0.1, 0.15) is 4.88 Å². The summed E-state index contributed by atoms with van der Waals surface area (Å²) in [6.07, 6.45) is 1.81. The van der Waals surface area contributed by atoms with E-state index in [1.807, 2.05) is 12.1 Å². The molecule has 0 fully saturated rings. The summed E-state index contributed by atoms with van der Waals surface area (Å²) in [5, 5.41) is 6.95. The first-order valence-electron chi connectivity index (χ1n) is 6.34. The molecule has 0 aliphatic carbocycles. The van der Waals surface area contributed by atoms with Gasteiger partial charge in [-0.3, -0.25) is 4.79 Å². The Morgan fingerprint density at radius 3 is 3.16 bits per heavy atom. The maximum atomic E-state index is 11.9. The van der Waals surface area contributed by atoms with E-state index in [0.29, 0.717) is 0 Å². The number of rotatable bonds is 2. The number of thiazole rings is 1. The van der Waals surface area contributed by atoms with Crippen LogP contribution in [0.3, 0.4) is 0 Å². The van der Waals surface area contributed by atoms with Gasteiger partial charge in [0.05, 0.1) is 5.69 Å². The number of carbonyl (C=O) groups excluding carboxylic acids is 1. The lowest BCUT2D eigenvalue weighted by Crippen LogP contribution is -2.21. The van der Waals surface area contributed by atoms with Gasteiger partial charge in [-0.2, -0.15) is 0 Å². The van der Waals surface area contributed by atoms with Crippen molar-refractivity contribution in [2.45, 2.75) is 19.8 Å². The summed E-state index contributed by atoms with van der Waals surface area (Å²) in [5.74, 6) is 0.00212. The maximum absolute atomic E-state index is 11.9. The predicted molar refractivity (Wildman–Crippen MR) is 77.2 cm³/mol. The molecule has 0 atom stereocenters. The van der Waals surface area contributed by atoms with Gasteiger partial charge in [-0.15, -0.1) is 0 Å². The van der Waals surface area contributed by atoms with Gasteiger partial charge in [0.25, 0.3) is 5.91 Å². The van der Waals surface area contributed by atoms with Crippen molar-refractivity contribution in [3.05, 3.63) is 40.4 Å². The van der Waals surface area contributed by atoms with Crippen LogP contribution in [0.2, 0.25) is 0 Å². The Hall–Kier alpha value is -1.88. The molecule has 1 aliphatic rings. The first-order chi connectivity index (χ1) is 9.22. The molecule has 2 N–H and O–H groups in total. The van der Waals surface area contributed by atoms with E-state index in [1.165, 1.54) is 16.9 Å². The molecule has 0 unspecified atom stereocenters. The van der Waals surface area contributed by atoms with Gasteiger partial charge in [0, 0.05) is 12.2 Å². The summed E-state index contributed by atoms with van der Waals surface area (Å²) in [6.45, 7) is 2.79. The minimum atomic E-state index is 0.00212. The number of hydrogen-bond donors (Lipinski definition) is 2. The van der Waals surface area contributed by atoms with Crippen LogP contribution in [0.1, 0.15) is 27.3 Å². The predicted octanol–water partition coefficient (Wildman–Crippen LogP) is 2.87. The molecule has 98 valence electrons. The molecule has 0 saturated carbocycles. The van der Waals surface area contributed by atoms with Crippen molar-refractivity contribution in [3.8, 4) is 0 Å². The number of amides is 1. The van der Waals surface area contributed by atoms with E-state index >= 15 is 0 Å². The van der Waals surface area contributed by atoms with Crippen molar-refractivity contribution in [3.63, 3.8) is 0 Å². The van der Waals surface area contributed by atoms with Gasteiger partial charge in [-0.25, -0.2) is 4.98 Å². The Bertz CT molecular complexity index is 621. The maximum Gasteiger partial charge on any atom is 0.263 e. The van der Waals surface area contributed by atoms with Gasteiger partial charge in [-0.05, 0) is 37.5 Å². The first kappa shape index (κ1) is 12.2. The van der Waals surface area contributed by atoms with E-state index in [4.69, 9.17) is 0 Å². The molecule has 1 aliphatic heterocycles. The Balaban J connectivity index is 1.87. The fourth-order valence-electron chi connectivity index (χ4n) is 2.14. The van der Waals surface area contributed by atoms with Crippen molar-refractivity contribution in [1.29, 1.82) is 0 Å². The Morgan fingerprint density at radius 2 is 2.32 bits per heavy atom. The molecule has 2 aromatic rings. The molecule has 0 radical (unpaired) electrons. The normalized spacial score (nSPS) is 14.5. The smallest absolute Gasteiger partial charge is 0.263 e. The average Bonchev–Trinajstić information content (AvgIpc) is 2.70. The van der Waals surface area contributed by atoms with Crippen LogP contribution in [-0.4, -0.2) is 17.4 Å². The third kappa shape index (κ3) is 2.61. The van der Waals surface area contributed by atoms with Crippen LogP contribution in [0, 0.1) is 6.92 Å². The fraction of sp³-hybridized carbons (Fsp3) is 0.286. The highest BCUT2D eigenvalue weighted by molar-refractivity contribution is 7.17. The summed E-state index contributed by atoms with van der Waals surface area (Å²) in [4.78, 5) is 17.1. The van der Waals surface area contributed by atoms with Crippen LogP contribution < -0.4 is 10.6 Å². The van der Waals surface area contributed by atoms with Crippen molar-refractivity contribution in [2.24, 2.45) is 0 Å². The van der Waals surface area contributed by atoms with Crippen LogP contribution in [-0.2, 0) is 6.42 Å². The van der Waals surface area contributed by atoms with Gasteiger partial charge in [0.15, 0.2) is 5.13 Å². The molecular formula is C14H15N3OS. The summed E-state index contributed by atoms with van der Waals surface area (Å²) in [6, 6.07) is 8.12. The second kappa shape index (κ2) is 5.01. The molecule has 2 heterocycles. The van der Waals surface area contributed by atoms with Crippen LogP contribution in [0.15, 0.2) is 24.3 Å². The molecule has 0 bridgehead atoms. The fourth-order valence-corrected chi connectivity index (χ4v) is 3.08. The van der Waals surface area contributed by atoms with Gasteiger partial charge < -0.3 is 10.6 Å². The highest BCUT2D eigenvalue weighted by atomic mass is 32.1. The molecule has 0 spiro atoms. The molecular weight excluding hydrogens is 258 g/mol. The van der Waals surface area contributed by atoms with E-state index in [-0.39, 0.29) is 5.91 Å². The number of aryl methyl sites for hydroxylation is 2. The SMILES string of the molecule is Cc1cccc(Nc2nc3c(s2)C(=O)NCCC3)c1. The number of fused-ring (bicyclic) bond motifs is 1. The summed E-state index contributed by atoms with van der Waals surface area (Å²) >= 11 is 1.42. The Morgan fingerprint density at radius 1 is 1.42 bits per heavy atom. The Labute approximate surface area is 115 Å². The number of hydrogen-bond acceptors (Lipinski definition) is 4. The third-order valence-electron chi connectivity index (χ3n) is 3.05. The van der Waals surface area contributed by atoms with E-state index < -0.39 is 0 Å². The second-order valence-electron chi connectivity index (χ2n) is 4.65. The van der Waals surface area contributed by atoms with E-state index in [9.17, 15) is 4.79 Å². The van der Waals surface area contributed by atoms with Crippen molar-refractivity contribution < 1.29 is 4.79 Å². The zero-order valence-corrected chi connectivity index (χ0v) is 11.5.